The topological polar surface area (TPSA) is 571 Å². The molecule has 3 aromatic carbocycles. The largest absolute Gasteiger partial charge is 0.497 e. The van der Waals surface area contributed by atoms with E-state index in [9.17, 15) is 71.9 Å². The number of carboxylic acid groups (broad SMARTS) is 2. The predicted octanol–water partition coefficient (Wildman–Crippen LogP) is 5.86. The summed E-state index contributed by atoms with van der Waals surface area (Å²) in [5.74, 6) is 3.30. The number of methoxy groups -OCH3 is 15. The highest BCUT2D eigenvalue weighted by molar-refractivity contribution is 9.09. The molecule has 6 atom stereocenters. The summed E-state index contributed by atoms with van der Waals surface area (Å²) in [5.41, 5.74) is 9.44. The number of benzene rings is 3. The molecule has 5 unspecified atom stereocenters. The number of esters is 5. The molecule has 0 saturated carbocycles. The summed E-state index contributed by atoms with van der Waals surface area (Å²) < 4.78 is 69.1. The Bertz CT molecular complexity index is 4370. The highest BCUT2D eigenvalue weighted by atomic mass is 79.9. The number of nitrogens with one attached hydrogen (secondary N) is 6. The molecule has 0 radical (unpaired) electrons. The lowest BCUT2D eigenvalue weighted by Crippen LogP contribution is -2.60. The van der Waals surface area contributed by atoms with Crippen LogP contribution in [0, 0.1) is 34.4 Å². The maximum absolute atomic E-state index is 12.9. The third kappa shape index (κ3) is 45.4. The van der Waals surface area contributed by atoms with Gasteiger partial charge in [-0.1, -0.05) is 145 Å². The number of alkyl halides is 2. The van der Waals surface area contributed by atoms with Crippen molar-refractivity contribution in [3.63, 3.8) is 0 Å². The van der Waals surface area contributed by atoms with Crippen molar-refractivity contribution in [2.75, 3.05) is 125 Å². The first-order valence-corrected chi connectivity index (χ1v) is 48.2. The molecule has 0 fully saturated rings. The number of carbonyl (C=O) groups excluding carboxylic acids is 15. The van der Waals surface area contributed by atoms with Crippen molar-refractivity contribution >= 4 is 154 Å². The smallest absolute Gasteiger partial charge is 0.409 e. The van der Waals surface area contributed by atoms with Gasteiger partial charge in [-0.2, -0.15) is 0 Å². The van der Waals surface area contributed by atoms with Crippen molar-refractivity contribution in [1.82, 2.24) is 46.6 Å². The molecule has 6 rings (SSSR count). The second kappa shape index (κ2) is 61.5. The van der Waals surface area contributed by atoms with Crippen LogP contribution in [0.4, 0.5) is 28.8 Å². The van der Waals surface area contributed by atoms with Crippen LogP contribution in [0.15, 0.2) is 54.6 Å². The van der Waals surface area contributed by atoms with E-state index in [1.165, 1.54) is 88.0 Å². The summed E-state index contributed by atoms with van der Waals surface area (Å²) in [6.45, 7) is 19.0. The highest BCUT2D eigenvalue weighted by Crippen LogP contribution is 2.31. The number of fused-ring (bicyclic) bond motifs is 3. The summed E-state index contributed by atoms with van der Waals surface area (Å²) in [6, 6.07) is 15.1. The Morgan fingerprint density at radius 1 is 0.450 bits per heavy atom. The number of ether oxygens (including phenoxy) is 15. The monoisotopic (exact) mass is 1960 g/mol. The summed E-state index contributed by atoms with van der Waals surface area (Å²) in [6.07, 6.45) is -8.12. The van der Waals surface area contributed by atoms with Crippen LogP contribution in [0.25, 0.3) is 0 Å². The van der Waals surface area contributed by atoms with Gasteiger partial charge in [-0.25, -0.2) is 62.3 Å². The lowest BCUT2D eigenvalue weighted by molar-refractivity contribution is -0.154. The van der Waals surface area contributed by atoms with Crippen LogP contribution in [0.3, 0.4) is 0 Å². The maximum atomic E-state index is 12.9. The first-order valence-electron chi connectivity index (χ1n) is 36.1. The van der Waals surface area contributed by atoms with E-state index in [2.05, 4.69) is 119 Å². The fourth-order valence-electron chi connectivity index (χ4n) is 9.05. The van der Waals surface area contributed by atoms with E-state index in [0.29, 0.717) is 34.6 Å². The first kappa shape index (κ1) is 125. The highest BCUT2D eigenvalue weighted by Gasteiger charge is 2.47. The van der Waals surface area contributed by atoms with E-state index in [1.807, 2.05) is 76.4 Å². The van der Waals surface area contributed by atoms with Gasteiger partial charge in [0.25, 0.3) is 17.7 Å². The van der Waals surface area contributed by atoms with Crippen molar-refractivity contribution in [2.45, 2.75) is 136 Å². The Balaban J connectivity index is -0.000000475. The van der Waals surface area contributed by atoms with Crippen molar-refractivity contribution in [1.29, 1.82) is 0 Å². The fourth-order valence-corrected chi connectivity index (χ4v) is 11.4. The lowest BCUT2D eigenvalue weighted by Gasteiger charge is -2.31. The molecule has 9 amide bonds. The minimum atomic E-state index is -1.92. The number of alkyl carbamates (subject to hydrolysis) is 6. The number of aliphatic hydroxyl groups excluding tert-OH is 1. The fraction of sp³-hybridized carbons (Fsp3) is 0.487. The van der Waals surface area contributed by atoms with Crippen LogP contribution in [-0.4, -0.2) is 317 Å². The van der Waals surface area contributed by atoms with Gasteiger partial charge in [0, 0.05) is 43.4 Å². The number of hydrogen-bond acceptors (Lipinski definition) is 33. The van der Waals surface area contributed by atoms with E-state index < -0.39 is 138 Å². The molecule has 3 aliphatic rings. The third-order valence-corrected chi connectivity index (χ3v) is 18.7. The summed E-state index contributed by atoms with van der Waals surface area (Å²) in [7, 11) is 13.5. The van der Waals surface area contributed by atoms with Gasteiger partial charge in [0.05, 0.1) is 118 Å². The van der Waals surface area contributed by atoms with Crippen LogP contribution < -0.4 is 46.1 Å². The van der Waals surface area contributed by atoms with Gasteiger partial charge in [-0.05, 0) is 53.1 Å². The molecule has 3 aliphatic heterocycles. The Labute approximate surface area is 765 Å². The number of aldehydes is 1. The van der Waals surface area contributed by atoms with Gasteiger partial charge in [0.1, 0.15) is 41.5 Å². The van der Waals surface area contributed by atoms with Crippen LogP contribution in [0.2, 0.25) is 58.9 Å². The molecule has 9 N–H and O–H groups in total. The Morgan fingerprint density at radius 3 is 1.04 bits per heavy atom. The Morgan fingerprint density at radius 2 is 0.760 bits per heavy atom. The Kier molecular flexibility index (Phi) is 59.4. The standard InChI is InChI=1S/2C20H26N2O6Si.C10H10BrNO2.C10H17NO4Si.C6H11NO5.C5H8ClNO4.C4H7NO5.C2H2O3.3CH4/c2*1-26-15-8-7-14-12-22(17(23)16(14)11-15)13-20(18(24)27-2,21-19(25)28-3)9-10-29(4,5)6;1-14-8-3-2-7-5-12(6-11)10(13)9(7)4-8;1-14-9(12)8(11-10(13)15-2)6-7-16(3,4)5;1-10-4(5(8)11-2)7-6(9)12-3;1-10-4(8)3(6)7-5(9)11-2;1-10-4(9)5-2(6)3(7)8;3-1-2(4)5;;;/h2*7-8,11H,12-13H2,1-6H3,(H,21,25);2-4H,5-6H2,1H3;8H,1-5H3,(H,11,13);4H,1-3H3,(H,7,9);3H,1-2H3,(H,7,9);2,6H,1H3,(H,5,9)(H,7,8);1H,(H,4,5);3*1H4/t20-;;;;;;;;;;/m1........../s1. The van der Waals surface area contributed by atoms with E-state index in [1.54, 1.807) is 59.8 Å². The minimum Gasteiger partial charge on any atom is -0.497 e. The quantitative estimate of drug-likeness (QED) is 0.00654. The molecule has 0 bridgehead atoms. The molecule has 0 spiro atoms. The van der Waals surface area contributed by atoms with Crippen molar-refractivity contribution in [3.8, 4) is 51.6 Å². The normalized spacial score (nSPS) is 12.9. The predicted molar refractivity (Wildman–Crippen MR) is 476 cm³/mol. The summed E-state index contributed by atoms with van der Waals surface area (Å²) in [4.78, 5) is 194. The molecule has 0 aliphatic carbocycles. The second-order valence-corrected chi connectivity index (χ2v) is 43.0. The zero-order valence-corrected chi connectivity index (χ0v) is 79.2. The average Bonchev–Trinajstić information content (AvgIpc) is 1.68. The number of aliphatic hydroxyl groups is 1. The van der Waals surface area contributed by atoms with Gasteiger partial charge < -0.3 is 101 Å². The van der Waals surface area contributed by atoms with Gasteiger partial charge in [0.15, 0.2) is 6.04 Å². The van der Waals surface area contributed by atoms with Gasteiger partial charge >= 0.3 is 78.3 Å². The van der Waals surface area contributed by atoms with Crippen molar-refractivity contribution < 1.29 is 168 Å². The minimum absolute atomic E-state index is 0. The molecule has 3 heterocycles. The number of carbonyl (C=O) groups is 17. The number of hydrogen-bond donors (Lipinski definition) is 9. The molecular weight excluding hydrogens is 1850 g/mol. The number of nitrogens with zero attached hydrogens (tertiary/aromatic N) is 3. The molecule has 44 nitrogen and oxygen atoms in total. The molecule has 49 heteroatoms. The van der Waals surface area contributed by atoms with E-state index in [0.717, 1.165) is 49.3 Å². The molecule has 3 aromatic rings. The van der Waals surface area contributed by atoms with Crippen molar-refractivity contribution in [3.05, 3.63) is 88.0 Å². The van der Waals surface area contributed by atoms with E-state index in [4.69, 9.17) is 60.2 Å². The van der Waals surface area contributed by atoms with Gasteiger partial charge in [0.2, 0.25) is 35.3 Å². The molecule has 0 saturated heterocycles. The van der Waals surface area contributed by atoms with Gasteiger partial charge in [-0.3, -0.25) is 51.1 Å². The first-order chi connectivity index (χ1) is 58.8. The summed E-state index contributed by atoms with van der Waals surface area (Å²) in [5, 5.41) is 36.8. The third-order valence-electron chi connectivity index (χ3n) is 15.1. The second-order valence-electron chi connectivity index (χ2n) is 27.8. The molecular formula is C80H119BrClN9O35Si3. The Hall–Kier alpha value is -12.9. The molecule has 0 aromatic heterocycles. The number of rotatable bonds is 22. The van der Waals surface area contributed by atoms with Crippen LogP contribution in [0.5, 0.6) is 17.2 Å². The van der Waals surface area contributed by atoms with Crippen LogP contribution in [-0.2, 0) is 115 Å². The van der Waals surface area contributed by atoms with E-state index >= 15 is 0 Å². The SMILES string of the molecule is C.C.C.COC(=O)NC(C#C[Si](C)(C)C)(CN1Cc2ccc(OC)cc2C1=O)C(=O)OC.COC(=O)NC(C#C[Si](C)(C)C)C(=O)OC.COC(=O)NC(Cl)C(=O)OC.COC(=O)NC(O)C(=O)O.COC(=O)NC(OC)C(=O)OC.COC(=O)N[C@](C#C[Si](C)(C)C)(CN1Cc2ccc(OC)cc2C1=O)C(=O)OC.COc1ccc2c(c1)C(=O)N(CBr)C2.O=CC(=O)O. The number of halogens is 2. The zero-order valence-electron chi connectivity index (χ0n) is 73.8. The summed E-state index contributed by atoms with van der Waals surface area (Å²) >= 11 is 8.60. The van der Waals surface area contributed by atoms with Crippen molar-refractivity contribution in [2.24, 2.45) is 0 Å². The lowest BCUT2D eigenvalue weighted by atomic mass is 10.00. The number of aliphatic carboxylic acids is 2. The maximum Gasteiger partial charge on any atom is 0.409 e. The molecule has 129 heavy (non-hydrogen) atoms. The number of carboxylic acids is 2. The average molecular weight is 1970 g/mol. The van der Waals surface area contributed by atoms with Crippen LogP contribution in [0.1, 0.15) is 70.0 Å². The number of amides is 9. The molecule has 720 valence electrons. The van der Waals surface area contributed by atoms with E-state index in [-0.39, 0.29) is 72.5 Å². The zero-order chi connectivity index (χ0) is 97.4. The van der Waals surface area contributed by atoms with Gasteiger partial charge in [-0.15, -0.1) is 16.6 Å². The van der Waals surface area contributed by atoms with Crippen LogP contribution >= 0.6 is 27.5 Å².